The quantitative estimate of drug-likeness (QED) is 0.918. The van der Waals surface area contributed by atoms with Crippen LogP contribution in [0.3, 0.4) is 0 Å². The molecule has 4 aliphatic carbocycles. The van der Waals surface area contributed by atoms with Crippen LogP contribution < -0.4 is 5.32 Å². The largest absolute Gasteiger partial charge is 0.350 e. The summed E-state index contributed by atoms with van der Waals surface area (Å²) in [6.07, 6.45) is 12.5. The van der Waals surface area contributed by atoms with Gasteiger partial charge in [0.15, 0.2) is 0 Å². The van der Waals surface area contributed by atoms with E-state index >= 15 is 0 Å². The Bertz CT molecular complexity index is 478. The van der Waals surface area contributed by atoms with Gasteiger partial charge in [-0.05, 0) is 56.3 Å². The molecule has 4 saturated carbocycles. The first-order valence-electron chi connectivity index (χ1n) is 7.77. The molecule has 0 aliphatic heterocycles. The molecule has 0 unspecified atom stereocenters. The zero-order valence-corrected chi connectivity index (χ0v) is 11.7. The summed E-state index contributed by atoms with van der Waals surface area (Å²) in [4.78, 5) is 21.0. The van der Waals surface area contributed by atoms with Gasteiger partial charge in [-0.1, -0.05) is 0 Å². The van der Waals surface area contributed by atoms with Gasteiger partial charge < -0.3 is 5.32 Å². The van der Waals surface area contributed by atoms with E-state index in [1.165, 1.54) is 19.3 Å². The molecule has 4 fully saturated rings. The van der Waals surface area contributed by atoms with Crippen molar-refractivity contribution < 1.29 is 4.79 Å². The van der Waals surface area contributed by atoms with E-state index in [0.717, 1.165) is 42.7 Å². The molecule has 0 atom stereocenters. The lowest BCUT2D eigenvalue weighted by Crippen LogP contribution is -2.53. The minimum Gasteiger partial charge on any atom is -0.350 e. The van der Waals surface area contributed by atoms with Crippen molar-refractivity contribution in [3.63, 3.8) is 0 Å². The van der Waals surface area contributed by atoms with Crippen LogP contribution in [0, 0.1) is 23.2 Å². The highest BCUT2D eigenvalue weighted by Gasteiger charge is 2.54. The third-order valence-electron chi connectivity index (χ3n) is 5.57. The standard InChI is InChI=1S/C16H21N3O/c20-15(19-10-14-9-17-1-2-18-14)16-6-11-3-12(7-16)5-13(4-11)8-16/h1-2,9,11-13H,3-8,10H2,(H,19,20). The summed E-state index contributed by atoms with van der Waals surface area (Å²) in [6, 6.07) is 0. The topological polar surface area (TPSA) is 54.9 Å². The summed E-state index contributed by atoms with van der Waals surface area (Å²) in [6.45, 7) is 0.508. The third kappa shape index (κ3) is 2.02. The van der Waals surface area contributed by atoms with E-state index in [4.69, 9.17) is 0 Å². The second kappa shape index (κ2) is 4.54. The van der Waals surface area contributed by atoms with Crippen molar-refractivity contribution in [3.05, 3.63) is 24.3 Å². The fourth-order valence-corrected chi connectivity index (χ4v) is 5.17. The number of nitrogens with zero attached hydrogens (tertiary/aromatic N) is 2. The van der Waals surface area contributed by atoms with Crippen molar-refractivity contribution in [1.82, 2.24) is 15.3 Å². The number of carbonyl (C=O) groups excluding carboxylic acids is 1. The average Bonchev–Trinajstić information content (AvgIpc) is 2.44. The van der Waals surface area contributed by atoms with Crippen LogP contribution in [0.1, 0.15) is 44.2 Å². The van der Waals surface area contributed by atoms with Gasteiger partial charge >= 0.3 is 0 Å². The van der Waals surface area contributed by atoms with E-state index < -0.39 is 0 Å². The highest BCUT2D eigenvalue weighted by molar-refractivity contribution is 5.83. The molecule has 1 aromatic heterocycles. The molecule has 106 valence electrons. The molecular formula is C16H21N3O. The summed E-state index contributed by atoms with van der Waals surface area (Å²) in [5.74, 6) is 2.69. The van der Waals surface area contributed by atoms with E-state index in [-0.39, 0.29) is 11.3 Å². The highest BCUT2D eigenvalue weighted by Crippen LogP contribution is 2.60. The Labute approximate surface area is 119 Å². The minimum atomic E-state index is -0.0586. The Morgan fingerprint density at radius 1 is 1.15 bits per heavy atom. The van der Waals surface area contributed by atoms with E-state index in [1.54, 1.807) is 18.6 Å². The molecule has 0 saturated heterocycles. The summed E-state index contributed by atoms with van der Waals surface area (Å²) < 4.78 is 0. The van der Waals surface area contributed by atoms with Crippen LogP contribution in [0.25, 0.3) is 0 Å². The SMILES string of the molecule is O=C(NCc1cnccn1)C12CC3CC(CC(C3)C1)C2. The fourth-order valence-electron chi connectivity index (χ4n) is 5.17. The van der Waals surface area contributed by atoms with E-state index in [0.29, 0.717) is 6.54 Å². The van der Waals surface area contributed by atoms with E-state index in [2.05, 4.69) is 15.3 Å². The number of carbonyl (C=O) groups is 1. The lowest BCUT2D eigenvalue weighted by atomic mass is 9.49. The van der Waals surface area contributed by atoms with Crippen molar-refractivity contribution in [2.45, 2.75) is 45.1 Å². The Kier molecular flexibility index (Phi) is 2.79. The zero-order chi connectivity index (χ0) is 13.6. The van der Waals surface area contributed by atoms with Crippen LogP contribution in [0.5, 0.6) is 0 Å². The normalized spacial score (nSPS) is 37.9. The second-order valence-corrected chi connectivity index (χ2v) is 7.08. The van der Waals surface area contributed by atoms with Crippen molar-refractivity contribution >= 4 is 5.91 Å². The first-order valence-corrected chi connectivity index (χ1v) is 7.77. The van der Waals surface area contributed by atoms with E-state index in [9.17, 15) is 4.79 Å². The van der Waals surface area contributed by atoms with Crippen LogP contribution in [-0.2, 0) is 11.3 Å². The summed E-state index contributed by atoms with van der Waals surface area (Å²) in [7, 11) is 0. The van der Waals surface area contributed by atoms with Gasteiger partial charge in [0.05, 0.1) is 18.4 Å². The summed E-state index contributed by atoms with van der Waals surface area (Å²) in [5, 5.41) is 3.11. The molecule has 1 N–H and O–H groups in total. The van der Waals surface area contributed by atoms with E-state index in [1.807, 2.05) is 0 Å². The van der Waals surface area contributed by atoms with Gasteiger partial charge in [0.25, 0.3) is 0 Å². The Morgan fingerprint density at radius 3 is 2.35 bits per heavy atom. The van der Waals surface area contributed by atoms with Crippen molar-refractivity contribution in [1.29, 1.82) is 0 Å². The van der Waals surface area contributed by atoms with Crippen LogP contribution in [-0.4, -0.2) is 15.9 Å². The predicted molar refractivity (Wildman–Crippen MR) is 74.5 cm³/mol. The molecule has 5 rings (SSSR count). The number of rotatable bonds is 3. The van der Waals surface area contributed by atoms with Gasteiger partial charge in [0.1, 0.15) is 0 Å². The molecule has 20 heavy (non-hydrogen) atoms. The summed E-state index contributed by atoms with van der Waals surface area (Å²) >= 11 is 0. The maximum Gasteiger partial charge on any atom is 0.226 e. The number of amides is 1. The maximum absolute atomic E-state index is 12.7. The van der Waals surface area contributed by atoms with Crippen LogP contribution in [0.2, 0.25) is 0 Å². The molecule has 4 heteroatoms. The molecule has 4 bridgehead atoms. The molecule has 1 heterocycles. The number of nitrogens with one attached hydrogen (secondary N) is 1. The first kappa shape index (κ1) is 12.3. The van der Waals surface area contributed by atoms with Gasteiger partial charge in [0.2, 0.25) is 5.91 Å². The zero-order valence-electron chi connectivity index (χ0n) is 11.7. The van der Waals surface area contributed by atoms with Gasteiger partial charge in [-0.2, -0.15) is 0 Å². The predicted octanol–water partition coefficient (Wildman–Crippen LogP) is 2.31. The third-order valence-corrected chi connectivity index (χ3v) is 5.57. The number of hydrogen-bond acceptors (Lipinski definition) is 3. The Balaban J connectivity index is 1.46. The fraction of sp³-hybridized carbons (Fsp3) is 0.688. The molecule has 0 aromatic carbocycles. The highest BCUT2D eigenvalue weighted by atomic mass is 16.2. The Hall–Kier alpha value is -1.45. The van der Waals surface area contributed by atoms with Crippen molar-refractivity contribution in [2.75, 3.05) is 0 Å². The molecular weight excluding hydrogens is 250 g/mol. The number of aromatic nitrogens is 2. The van der Waals surface area contributed by atoms with Gasteiger partial charge in [-0.25, -0.2) is 0 Å². The lowest BCUT2D eigenvalue weighted by molar-refractivity contribution is -0.146. The van der Waals surface area contributed by atoms with Gasteiger partial charge in [0, 0.05) is 17.8 Å². The number of hydrogen-bond donors (Lipinski definition) is 1. The maximum atomic E-state index is 12.7. The molecule has 1 amide bonds. The summed E-state index contributed by atoms with van der Waals surface area (Å²) in [5.41, 5.74) is 0.780. The molecule has 4 nitrogen and oxygen atoms in total. The van der Waals surface area contributed by atoms with Crippen molar-refractivity contribution in [3.8, 4) is 0 Å². The van der Waals surface area contributed by atoms with Crippen LogP contribution in [0.15, 0.2) is 18.6 Å². The molecule has 0 spiro atoms. The smallest absolute Gasteiger partial charge is 0.226 e. The molecule has 0 radical (unpaired) electrons. The van der Waals surface area contributed by atoms with Crippen LogP contribution in [0.4, 0.5) is 0 Å². The minimum absolute atomic E-state index is 0.0586. The Morgan fingerprint density at radius 2 is 1.80 bits per heavy atom. The first-order chi connectivity index (χ1) is 9.73. The molecule has 4 aliphatic rings. The van der Waals surface area contributed by atoms with Gasteiger partial charge in [-0.15, -0.1) is 0 Å². The van der Waals surface area contributed by atoms with Crippen LogP contribution >= 0.6 is 0 Å². The average molecular weight is 271 g/mol. The van der Waals surface area contributed by atoms with Crippen molar-refractivity contribution in [2.24, 2.45) is 23.2 Å². The lowest BCUT2D eigenvalue weighted by Gasteiger charge is -2.55. The monoisotopic (exact) mass is 271 g/mol. The molecule has 1 aromatic rings. The van der Waals surface area contributed by atoms with Gasteiger partial charge in [-0.3, -0.25) is 14.8 Å². The second-order valence-electron chi connectivity index (χ2n) is 7.08.